The molecule has 1 aromatic heterocycles. The standard InChI is InChI=1S/C13H8BrFN2S/c14-10-3-1-7(15)5-9(10)13-17-11-4-2-8(16)6-12(11)18-13/h1-6H,16H2. The highest BCUT2D eigenvalue weighted by molar-refractivity contribution is 9.10. The quantitative estimate of drug-likeness (QED) is 0.672. The van der Waals surface area contributed by atoms with E-state index in [1.807, 2.05) is 18.2 Å². The van der Waals surface area contributed by atoms with E-state index in [2.05, 4.69) is 20.9 Å². The van der Waals surface area contributed by atoms with Crippen LogP contribution in [0.3, 0.4) is 0 Å². The summed E-state index contributed by atoms with van der Waals surface area (Å²) in [6.45, 7) is 0. The van der Waals surface area contributed by atoms with Crippen molar-refractivity contribution < 1.29 is 4.39 Å². The Morgan fingerprint density at radius 3 is 2.83 bits per heavy atom. The first-order chi connectivity index (χ1) is 8.63. The number of benzene rings is 2. The normalized spacial score (nSPS) is 11.0. The highest BCUT2D eigenvalue weighted by atomic mass is 79.9. The fraction of sp³-hybridized carbons (Fsp3) is 0. The SMILES string of the molecule is Nc1ccc2nc(-c3cc(F)ccc3Br)sc2c1. The third-order valence-corrected chi connectivity index (χ3v) is 4.31. The van der Waals surface area contributed by atoms with Crippen LogP contribution in [0.1, 0.15) is 0 Å². The van der Waals surface area contributed by atoms with Crippen LogP contribution >= 0.6 is 27.3 Å². The first-order valence-electron chi connectivity index (χ1n) is 5.25. The fourth-order valence-electron chi connectivity index (χ4n) is 1.72. The Morgan fingerprint density at radius 1 is 1.17 bits per heavy atom. The van der Waals surface area contributed by atoms with Crippen molar-refractivity contribution in [3.8, 4) is 10.6 Å². The highest BCUT2D eigenvalue weighted by Crippen LogP contribution is 2.35. The minimum Gasteiger partial charge on any atom is -0.399 e. The number of hydrogen-bond acceptors (Lipinski definition) is 3. The molecule has 18 heavy (non-hydrogen) atoms. The Bertz CT molecular complexity index is 739. The van der Waals surface area contributed by atoms with Crippen molar-refractivity contribution in [3.63, 3.8) is 0 Å². The smallest absolute Gasteiger partial charge is 0.125 e. The molecule has 90 valence electrons. The van der Waals surface area contributed by atoms with Gasteiger partial charge < -0.3 is 5.73 Å². The summed E-state index contributed by atoms with van der Waals surface area (Å²) in [5, 5.41) is 0.780. The molecule has 2 N–H and O–H groups in total. The van der Waals surface area contributed by atoms with Gasteiger partial charge in [0.2, 0.25) is 0 Å². The van der Waals surface area contributed by atoms with Gasteiger partial charge in [-0.2, -0.15) is 0 Å². The fourth-order valence-corrected chi connectivity index (χ4v) is 3.33. The van der Waals surface area contributed by atoms with Gasteiger partial charge in [-0.15, -0.1) is 11.3 Å². The van der Waals surface area contributed by atoms with Crippen LogP contribution in [-0.4, -0.2) is 4.98 Å². The minimum absolute atomic E-state index is 0.271. The van der Waals surface area contributed by atoms with Crippen LogP contribution < -0.4 is 5.73 Å². The monoisotopic (exact) mass is 322 g/mol. The van der Waals surface area contributed by atoms with E-state index < -0.39 is 0 Å². The third kappa shape index (κ3) is 2.00. The Labute approximate surface area is 115 Å². The number of nitrogens with two attached hydrogens (primary N) is 1. The van der Waals surface area contributed by atoms with Crippen molar-refractivity contribution in [2.24, 2.45) is 0 Å². The lowest BCUT2D eigenvalue weighted by molar-refractivity contribution is 0.628. The van der Waals surface area contributed by atoms with Crippen molar-refractivity contribution in [1.29, 1.82) is 0 Å². The summed E-state index contributed by atoms with van der Waals surface area (Å²) in [7, 11) is 0. The second kappa shape index (κ2) is 4.33. The van der Waals surface area contributed by atoms with Crippen LogP contribution in [0.25, 0.3) is 20.8 Å². The first-order valence-corrected chi connectivity index (χ1v) is 6.86. The average Bonchev–Trinajstić information content (AvgIpc) is 2.74. The van der Waals surface area contributed by atoms with Gasteiger partial charge in [-0.05, 0) is 36.4 Å². The molecule has 2 aromatic carbocycles. The Kier molecular flexibility index (Phi) is 2.80. The largest absolute Gasteiger partial charge is 0.399 e. The number of hydrogen-bond donors (Lipinski definition) is 1. The van der Waals surface area contributed by atoms with Gasteiger partial charge in [-0.3, -0.25) is 0 Å². The van der Waals surface area contributed by atoms with Crippen LogP contribution in [0.4, 0.5) is 10.1 Å². The number of halogens is 2. The van der Waals surface area contributed by atoms with Gasteiger partial charge in [0.1, 0.15) is 10.8 Å². The maximum atomic E-state index is 13.3. The molecule has 0 fully saturated rings. The maximum Gasteiger partial charge on any atom is 0.125 e. The number of rotatable bonds is 1. The number of aromatic nitrogens is 1. The van der Waals surface area contributed by atoms with Gasteiger partial charge in [0.25, 0.3) is 0 Å². The summed E-state index contributed by atoms with van der Waals surface area (Å²) < 4.78 is 15.1. The first kappa shape index (κ1) is 11.6. The van der Waals surface area contributed by atoms with Gasteiger partial charge in [-0.25, -0.2) is 9.37 Å². The van der Waals surface area contributed by atoms with E-state index in [1.165, 1.54) is 23.5 Å². The molecular formula is C13H8BrFN2S. The average molecular weight is 323 g/mol. The molecule has 3 aromatic rings. The number of nitrogen functional groups attached to an aromatic ring is 1. The molecule has 5 heteroatoms. The lowest BCUT2D eigenvalue weighted by atomic mass is 10.2. The molecule has 0 atom stereocenters. The maximum absolute atomic E-state index is 13.3. The Hall–Kier alpha value is -1.46. The lowest BCUT2D eigenvalue weighted by Gasteiger charge is -1.99. The summed E-state index contributed by atoms with van der Waals surface area (Å²) in [4.78, 5) is 4.49. The van der Waals surface area contributed by atoms with Crippen molar-refractivity contribution >= 4 is 43.2 Å². The van der Waals surface area contributed by atoms with Crippen LogP contribution in [0, 0.1) is 5.82 Å². The zero-order valence-corrected chi connectivity index (χ0v) is 11.6. The zero-order chi connectivity index (χ0) is 12.7. The van der Waals surface area contributed by atoms with E-state index in [4.69, 9.17) is 5.73 Å². The van der Waals surface area contributed by atoms with Crippen molar-refractivity contribution in [3.05, 3.63) is 46.7 Å². The van der Waals surface area contributed by atoms with Crippen LogP contribution in [-0.2, 0) is 0 Å². The highest BCUT2D eigenvalue weighted by Gasteiger charge is 2.10. The van der Waals surface area contributed by atoms with Gasteiger partial charge >= 0.3 is 0 Å². The Balaban J connectivity index is 2.22. The number of nitrogens with zero attached hydrogens (tertiary/aromatic N) is 1. The van der Waals surface area contributed by atoms with Crippen LogP contribution in [0.15, 0.2) is 40.9 Å². The van der Waals surface area contributed by atoms with E-state index in [0.29, 0.717) is 5.69 Å². The second-order valence-corrected chi connectivity index (χ2v) is 5.76. The molecule has 0 radical (unpaired) electrons. The number of fused-ring (bicyclic) bond motifs is 1. The summed E-state index contributed by atoms with van der Waals surface area (Å²) in [5.41, 5.74) is 8.07. The second-order valence-electron chi connectivity index (χ2n) is 3.87. The molecule has 0 aliphatic carbocycles. The molecular weight excluding hydrogens is 315 g/mol. The van der Waals surface area contributed by atoms with Crippen LogP contribution in [0.5, 0.6) is 0 Å². The minimum atomic E-state index is -0.271. The summed E-state index contributed by atoms with van der Waals surface area (Å²) >= 11 is 4.91. The molecule has 0 bridgehead atoms. The van der Waals surface area contributed by atoms with Gasteiger partial charge in [-0.1, -0.05) is 15.9 Å². The van der Waals surface area contributed by atoms with E-state index in [1.54, 1.807) is 6.07 Å². The van der Waals surface area contributed by atoms with E-state index in [0.717, 1.165) is 25.3 Å². The topological polar surface area (TPSA) is 38.9 Å². The predicted octanol–water partition coefficient (Wildman–Crippen LogP) is 4.45. The van der Waals surface area contributed by atoms with Gasteiger partial charge in [0, 0.05) is 15.7 Å². The molecule has 2 nitrogen and oxygen atoms in total. The van der Waals surface area contributed by atoms with Crippen molar-refractivity contribution in [2.75, 3.05) is 5.73 Å². The third-order valence-electron chi connectivity index (χ3n) is 2.57. The molecule has 0 saturated carbocycles. The molecule has 0 aliphatic heterocycles. The number of thiazole rings is 1. The van der Waals surface area contributed by atoms with E-state index in [-0.39, 0.29) is 5.82 Å². The van der Waals surface area contributed by atoms with Gasteiger partial charge in [0.15, 0.2) is 0 Å². The van der Waals surface area contributed by atoms with Crippen LogP contribution in [0.2, 0.25) is 0 Å². The summed E-state index contributed by atoms with van der Waals surface area (Å²) in [5.74, 6) is -0.271. The van der Waals surface area contributed by atoms with Gasteiger partial charge in [0.05, 0.1) is 10.2 Å². The molecule has 0 amide bonds. The molecule has 0 aliphatic rings. The molecule has 1 heterocycles. The summed E-state index contributed by atoms with van der Waals surface area (Å²) in [6.07, 6.45) is 0. The lowest BCUT2D eigenvalue weighted by Crippen LogP contribution is -1.82. The molecule has 0 unspecified atom stereocenters. The van der Waals surface area contributed by atoms with E-state index >= 15 is 0 Å². The zero-order valence-electron chi connectivity index (χ0n) is 9.15. The Morgan fingerprint density at radius 2 is 2.00 bits per heavy atom. The predicted molar refractivity (Wildman–Crippen MR) is 77.1 cm³/mol. The van der Waals surface area contributed by atoms with Crippen molar-refractivity contribution in [2.45, 2.75) is 0 Å². The molecule has 3 rings (SSSR count). The number of anilines is 1. The molecule has 0 saturated heterocycles. The summed E-state index contributed by atoms with van der Waals surface area (Å²) in [6, 6.07) is 10.1. The molecule has 0 spiro atoms. The van der Waals surface area contributed by atoms with Crippen molar-refractivity contribution in [1.82, 2.24) is 4.98 Å². The van der Waals surface area contributed by atoms with E-state index in [9.17, 15) is 4.39 Å².